The van der Waals surface area contributed by atoms with Crippen molar-refractivity contribution in [2.24, 2.45) is 0 Å². The van der Waals surface area contributed by atoms with Gasteiger partial charge in [-0.2, -0.15) is 0 Å². The van der Waals surface area contributed by atoms with Crippen molar-refractivity contribution in [1.82, 2.24) is 19.9 Å². The van der Waals surface area contributed by atoms with Gasteiger partial charge in [0.15, 0.2) is 5.82 Å². The Labute approximate surface area is 139 Å². The highest BCUT2D eigenvalue weighted by Gasteiger charge is 2.10. The van der Waals surface area contributed by atoms with Crippen molar-refractivity contribution >= 4 is 17.2 Å². The third-order valence-corrected chi connectivity index (χ3v) is 4.47. The largest absolute Gasteiger partial charge is 0.369 e. The smallest absolute Gasteiger partial charge is 0.163 e. The first kappa shape index (κ1) is 15.6. The van der Waals surface area contributed by atoms with Gasteiger partial charge in [-0.15, -0.1) is 11.3 Å². The van der Waals surface area contributed by atoms with E-state index in [9.17, 15) is 0 Å². The minimum absolute atomic E-state index is 0.702. The average molecular weight is 325 g/mol. The Kier molecular flexibility index (Phi) is 4.62. The van der Waals surface area contributed by atoms with Gasteiger partial charge < -0.3 is 5.32 Å². The highest BCUT2D eigenvalue weighted by molar-refractivity contribution is 7.09. The van der Waals surface area contributed by atoms with E-state index in [0.717, 1.165) is 46.3 Å². The lowest BCUT2D eigenvalue weighted by Gasteiger charge is -2.12. The molecule has 0 aliphatic rings. The Balaban J connectivity index is 1.77. The molecule has 0 atom stereocenters. The molecule has 23 heavy (non-hydrogen) atoms. The lowest BCUT2D eigenvalue weighted by molar-refractivity contribution is 0.949. The van der Waals surface area contributed by atoms with Crippen LogP contribution in [0.1, 0.15) is 22.0 Å². The van der Waals surface area contributed by atoms with Gasteiger partial charge in [0.1, 0.15) is 5.82 Å². The zero-order chi connectivity index (χ0) is 16.2. The molecule has 118 valence electrons. The van der Waals surface area contributed by atoms with Crippen LogP contribution in [0.5, 0.6) is 0 Å². The summed E-state index contributed by atoms with van der Waals surface area (Å²) in [5.74, 6) is 1.58. The van der Waals surface area contributed by atoms with E-state index >= 15 is 0 Å². The fourth-order valence-corrected chi connectivity index (χ4v) is 2.90. The van der Waals surface area contributed by atoms with Gasteiger partial charge in [-0.1, -0.05) is 0 Å². The van der Waals surface area contributed by atoms with Crippen LogP contribution in [0.3, 0.4) is 0 Å². The first-order valence-corrected chi connectivity index (χ1v) is 8.42. The summed E-state index contributed by atoms with van der Waals surface area (Å²) in [6.45, 7) is 6.87. The number of nitrogens with zero attached hydrogens (tertiary/aromatic N) is 4. The maximum absolute atomic E-state index is 4.66. The first-order chi connectivity index (χ1) is 11.1. The number of anilines is 1. The first-order valence-electron chi connectivity index (χ1n) is 7.54. The second-order valence-corrected chi connectivity index (χ2v) is 6.44. The van der Waals surface area contributed by atoms with Crippen LogP contribution in [0.15, 0.2) is 29.9 Å². The molecule has 5 nitrogen and oxygen atoms in total. The Morgan fingerprint density at radius 3 is 2.70 bits per heavy atom. The average Bonchev–Trinajstić information content (AvgIpc) is 2.97. The molecule has 0 unspecified atom stereocenters. The monoisotopic (exact) mass is 325 g/mol. The topological polar surface area (TPSA) is 63.6 Å². The molecule has 3 aromatic rings. The summed E-state index contributed by atoms with van der Waals surface area (Å²) in [6, 6.07) is 3.87. The van der Waals surface area contributed by atoms with Crippen LogP contribution in [0, 0.1) is 20.8 Å². The fourth-order valence-electron chi connectivity index (χ4n) is 2.26. The van der Waals surface area contributed by atoms with Crippen molar-refractivity contribution < 1.29 is 0 Å². The summed E-state index contributed by atoms with van der Waals surface area (Å²) in [6.07, 6.45) is 4.42. The number of hydrogen-bond donors (Lipinski definition) is 1. The molecule has 0 radical (unpaired) electrons. The van der Waals surface area contributed by atoms with Crippen LogP contribution in [-0.4, -0.2) is 26.5 Å². The normalized spacial score (nSPS) is 10.7. The molecule has 6 heteroatoms. The third-order valence-electron chi connectivity index (χ3n) is 3.65. The molecule has 3 rings (SSSR count). The molecule has 0 aliphatic carbocycles. The number of nitrogens with one attached hydrogen (secondary N) is 1. The zero-order valence-electron chi connectivity index (χ0n) is 13.5. The predicted octanol–water partition coefficient (Wildman–Crippen LogP) is 3.57. The van der Waals surface area contributed by atoms with Gasteiger partial charge in [-0.3, -0.25) is 4.98 Å². The van der Waals surface area contributed by atoms with Crippen molar-refractivity contribution in [2.75, 3.05) is 11.9 Å². The van der Waals surface area contributed by atoms with Crippen molar-refractivity contribution in [3.05, 3.63) is 51.9 Å². The number of aromatic nitrogens is 4. The van der Waals surface area contributed by atoms with Gasteiger partial charge in [-0.05, 0) is 32.9 Å². The Morgan fingerprint density at radius 1 is 1.13 bits per heavy atom. The minimum Gasteiger partial charge on any atom is -0.369 e. The summed E-state index contributed by atoms with van der Waals surface area (Å²) < 4.78 is 0. The number of aryl methyl sites for hydroxylation is 2. The lowest BCUT2D eigenvalue weighted by Crippen LogP contribution is -2.10. The summed E-state index contributed by atoms with van der Waals surface area (Å²) >= 11 is 1.68. The van der Waals surface area contributed by atoms with Gasteiger partial charge in [0.05, 0.1) is 10.7 Å². The Bertz CT molecular complexity index is 798. The molecular formula is C17H19N5S. The molecular weight excluding hydrogens is 306 g/mol. The summed E-state index contributed by atoms with van der Waals surface area (Å²) in [7, 11) is 0. The Morgan fingerprint density at radius 2 is 2.00 bits per heavy atom. The summed E-state index contributed by atoms with van der Waals surface area (Å²) in [4.78, 5) is 17.9. The van der Waals surface area contributed by atoms with Gasteiger partial charge in [0.2, 0.25) is 0 Å². The standard InChI is InChI=1S/C17H19N5S/c1-11-12(2)20-17(14-5-4-7-18-9-14)22-16(11)19-8-6-15-10-23-13(3)21-15/h4-5,7,9-10H,6,8H2,1-3H3,(H,19,20,22). The van der Waals surface area contributed by atoms with E-state index in [2.05, 4.69) is 30.6 Å². The Hall–Kier alpha value is -2.34. The molecule has 1 N–H and O–H groups in total. The second-order valence-electron chi connectivity index (χ2n) is 5.38. The van der Waals surface area contributed by atoms with E-state index in [4.69, 9.17) is 0 Å². The fraction of sp³-hybridized carbons (Fsp3) is 0.294. The minimum atomic E-state index is 0.702. The molecule has 0 bridgehead atoms. The number of thiazole rings is 1. The van der Waals surface area contributed by atoms with Crippen LogP contribution >= 0.6 is 11.3 Å². The maximum Gasteiger partial charge on any atom is 0.163 e. The molecule has 0 saturated carbocycles. The SMILES string of the molecule is Cc1nc(CCNc2nc(-c3cccnc3)nc(C)c2C)cs1. The van der Waals surface area contributed by atoms with E-state index in [0.29, 0.717) is 5.82 Å². The van der Waals surface area contributed by atoms with Crippen LogP contribution in [0.4, 0.5) is 5.82 Å². The molecule has 3 aromatic heterocycles. The van der Waals surface area contributed by atoms with Gasteiger partial charge in [0.25, 0.3) is 0 Å². The third kappa shape index (κ3) is 3.71. The number of pyridine rings is 1. The quantitative estimate of drug-likeness (QED) is 0.777. The molecule has 0 amide bonds. The molecule has 0 spiro atoms. The van der Waals surface area contributed by atoms with Crippen molar-refractivity contribution in [1.29, 1.82) is 0 Å². The number of hydrogen-bond acceptors (Lipinski definition) is 6. The van der Waals surface area contributed by atoms with Gasteiger partial charge in [0, 0.05) is 47.6 Å². The number of rotatable bonds is 5. The molecule has 0 saturated heterocycles. The van der Waals surface area contributed by atoms with Crippen LogP contribution in [-0.2, 0) is 6.42 Å². The van der Waals surface area contributed by atoms with Crippen LogP contribution < -0.4 is 5.32 Å². The van der Waals surface area contributed by atoms with E-state index in [1.54, 1.807) is 23.7 Å². The highest BCUT2D eigenvalue weighted by atomic mass is 32.1. The molecule has 0 aliphatic heterocycles. The van der Waals surface area contributed by atoms with Crippen molar-refractivity contribution in [3.8, 4) is 11.4 Å². The molecule has 0 aromatic carbocycles. The van der Waals surface area contributed by atoms with E-state index in [1.807, 2.05) is 32.9 Å². The van der Waals surface area contributed by atoms with Crippen molar-refractivity contribution in [2.45, 2.75) is 27.2 Å². The van der Waals surface area contributed by atoms with Gasteiger partial charge in [-0.25, -0.2) is 15.0 Å². The summed E-state index contributed by atoms with van der Waals surface area (Å²) in [5.41, 5.74) is 4.10. The molecule has 0 fully saturated rings. The van der Waals surface area contributed by atoms with Crippen LogP contribution in [0.2, 0.25) is 0 Å². The van der Waals surface area contributed by atoms with Gasteiger partial charge >= 0.3 is 0 Å². The van der Waals surface area contributed by atoms with E-state index < -0.39 is 0 Å². The lowest BCUT2D eigenvalue weighted by atomic mass is 10.2. The van der Waals surface area contributed by atoms with E-state index in [1.165, 1.54) is 0 Å². The highest BCUT2D eigenvalue weighted by Crippen LogP contribution is 2.21. The maximum atomic E-state index is 4.66. The zero-order valence-corrected chi connectivity index (χ0v) is 14.3. The second kappa shape index (κ2) is 6.83. The summed E-state index contributed by atoms with van der Waals surface area (Å²) in [5, 5.41) is 6.63. The van der Waals surface area contributed by atoms with Crippen molar-refractivity contribution in [3.63, 3.8) is 0 Å². The molecule has 3 heterocycles. The van der Waals surface area contributed by atoms with E-state index in [-0.39, 0.29) is 0 Å². The predicted molar refractivity (Wildman–Crippen MR) is 93.8 cm³/mol. The van der Waals surface area contributed by atoms with Crippen LogP contribution in [0.25, 0.3) is 11.4 Å².